The SMILES string of the molecule is CCOC(=O)c1c(NC(=O)c2cc(-c3ccccc3Cl)nc3ccccc23)sc(C(=O)N(C)C)c1C. The van der Waals surface area contributed by atoms with E-state index in [0.717, 1.165) is 11.3 Å². The number of halogens is 1. The fourth-order valence-corrected chi connectivity index (χ4v) is 5.24. The molecule has 2 aromatic carbocycles. The molecular weight excluding hydrogens is 498 g/mol. The summed E-state index contributed by atoms with van der Waals surface area (Å²) in [5, 5.41) is 4.26. The van der Waals surface area contributed by atoms with E-state index in [1.165, 1.54) is 4.90 Å². The Morgan fingerprint density at radius 3 is 2.47 bits per heavy atom. The van der Waals surface area contributed by atoms with Crippen molar-refractivity contribution in [1.82, 2.24) is 9.88 Å². The van der Waals surface area contributed by atoms with Crippen molar-refractivity contribution in [2.75, 3.05) is 26.0 Å². The summed E-state index contributed by atoms with van der Waals surface area (Å²) in [5.74, 6) is -1.31. The number of nitrogens with one attached hydrogen (secondary N) is 1. The minimum atomic E-state index is -0.601. The number of benzene rings is 2. The number of ether oxygens (including phenoxy) is 1. The van der Waals surface area contributed by atoms with Crippen LogP contribution in [0.5, 0.6) is 0 Å². The van der Waals surface area contributed by atoms with Gasteiger partial charge in [0.1, 0.15) is 5.00 Å². The predicted octanol–water partition coefficient (Wildman–Crippen LogP) is 6.06. The molecule has 0 spiro atoms. The van der Waals surface area contributed by atoms with Crippen LogP contribution in [-0.4, -0.2) is 48.4 Å². The lowest BCUT2D eigenvalue weighted by molar-refractivity contribution is 0.0527. The number of fused-ring (bicyclic) bond motifs is 1. The lowest BCUT2D eigenvalue weighted by Crippen LogP contribution is -2.21. The highest BCUT2D eigenvalue weighted by atomic mass is 35.5. The van der Waals surface area contributed by atoms with Gasteiger partial charge in [0.25, 0.3) is 11.8 Å². The Balaban J connectivity index is 1.83. The van der Waals surface area contributed by atoms with Gasteiger partial charge in [-0.15, -0.1) is 11.3 Å². The maximum Gasteiger partial charge on any atom is 0.341 e. The van der Waals surface area contributed by atoms with E-state index in [0.29, 0.717) is 43.2 Å². The number of thiophene rings is 1. The largest absolute Gasteiger partial charge is 0.462 e. The second-order valence-electron chi connectivity index (χ2n) is 8.19. The molecule has 36 heavy (non-hydrogen) atoms. The van der Waals surface area contributed by atoms with E-state index in [2.05, 4.69) is 5.32 Å². The Bertz CT molecular complexity index is 1500. The number of nitrogens with zero attached hydrogens (tertiary/aromatic N) is 2. The molecule has 0 atom stereocenters. The molecule has 0 saturated carbocycles. The zero-order chi connectivity index (χ0) is 26.0. The van der Waals surface area contributed by atoms with E-state index in [1.807, 2.05) is 36.4 Å². The molecule has 184 valence electrons. The van der Waals surface area contributed by atoms with Gasteiger partial charge in [0.05, 0.1) is 33.8 Å². The third kappa shape index (κ3) is 4.82. The molecule has 0 aliphatic rings. The van der Waals surface area contributed by atoms with E-state index in [-0.39, 0.29) is 23.1 Å². The summed E-state index contributed by atoms with van der Waals surface area (Å²) >= 11 is 7.45. The summed E-state index contributed by atoms with van der Waals surface area (Å²) in [4.78, 5) is 45.6. The molecule has 4 aromatic rings. The van der Waals surface area contributed by atoms with Gasteiger partial charge in [0, 0.05) is 30.1 Å². The van der Waals surface area contributed by atoms with Crippen LogP contribution < -0.4 is 5.32 Å². The number of hydrogen-bond donors (Lipinski definition) is 1. The number of carbonyl (C=O) groups is 3. The first-order valence-electron chi connectivity index (χ1n) is 11.2. The van der Waals surface area contributed by atoms with Gasteiger partial charge in [-0.25, -0.2) is 9.78 Å². The van der Waals surface area contributed by atoms with Crippen LogP contribution in [0, 0.1) is 6.92 Å². The van der Waals surface area contributed by atoms with Gasteiger partial charge in [-0.1, -0.05) is 48.0 Å². The molecule has 4 rings (SSSR count). The summed E-state index contributed by atoms with van der Waals surface area (Å²) in [6, 6.07) is 16.2. The van der Waals surface area contributed by atoms with Crippen molar-refractivity contribution < 1.29 is 19.1 Å². The van der Waals surface area contributed by atoms with Crippen molar-refractivity contribution in [3.63, 3.8) is 0 Å². The molecule has 0 saturated heterocycles. The normalized spacial score (nSPS) is 10.8. The molecule has 0 radical (unpaired) electrons. The number of hydrogen-bond acceptors (Lipinski definition) is 6. The molecule has 0 fully saturated rings. The molecule has 7 nitrogen and oxygen atoms in total. The number of amides is 2. The van der Waals surface area contributed by atoms with Gasteiger partial charge in [-0.3, -0.25) is 9.59 Å². The number of aromatic nitrogens is 1. The summed E-state index contributed by atoms with van der Waals surface area (Å²) < 4.78 is 5.22. The third-order valence-corrected chi connectivity index (χ3v) is 7.09. The molecule has 0 unspecified atom stereocenters. The minimum absolute atomic E-state index is 0.161. The van der Waals surface area contributed by atoms with Crippen molar-refractivity contribution in [1.29, 1.82) is 0 Å². The van der Waals surface area contributed by atoms with E-state index in [1.54, 1.807) is 46.1 Å². The number of pyridine rings is 1. The molecule has 0 aliphatic carbocycles. The van der Waals surface area contributed by atoms with Gasteiger partial charge in [-0.2, -0.15) is 0 Å². The van der Waals surface area contributed by atoms with Crippen molar-refractivity contribution in [3.8, 4) is 11.3 Å². The van der Waals surface area contributed by atoms with Gasteiger partial charge in [-0.05, 0) is 37.6 Å². The summed E-state index contributed by atoms with van der Waals surface area (Å²) in [5.41, 5.74) is 2.85. The first-order chi connectivity index (χ1) is 17.2. The Morgan fingerprint density at radius 2 is 1.78 bits per heavy atom. The monoisotopic (exact) mass is 521 g/mol. The van der Waals surface area contributed by atoms with Crippen LogP contribution in [0.3, 0.4) is 0 Å². The van der Waals surface area contributed by atoms with E-state index in [4.69, 9.17) is 21.3 Å². The number of anilines is 1. The van der Waals surface area contributed by atoms with Gasteiger partial charge in [0.2, 0.25) is 0 Å². The van der Waals surface area contributed by atoms with Gasteiger partial charge < -0.3 is 15.0 Å². The predicted molar refractivity (Wildman–Crippen MR) is 143 cm³/mol. The van der Waals surface area contributed by atoms with Crippen LogP contribution in [0.15, 0.2) is 54.6 Å². The molecular formula is C27H24ClN3O4S. The van der Waals surface area contributed by atoms with Crippen LogP contribution in [0.1, 0.15) is 42.9 Å². The molecule has 0 bridgehead atoms. The topological polar surface area (TPSA) is 88.6 Å². The number of rotatable bonds is 6. The number of esters is 1. The zero-order valence-corrected chi connectivity index (χ0v) is 21.8. The maximum absolute atomic E-state index is 13.6. The van der Waals surface area contributed by atoms with Crippen molar-refractivity contribution in [2.45, 2.75) is 13.8 Å². The van der Waals surface area contributed by atoms with Gasteiger partial charge in [0.15, 0.2) is 0 Å². The second kappa shape index (κ2) is 10.5. The molecule has 2 amide bonds. The maximum atomic E-state index is 13.6. The van der Waals surface area contributed by atoms with Crippen molar-refractivity contribution >= 4 is 56.6 Å². The molecule has 2 heterocycles. The van der Waals surface area contributed by atoms with Crippen molar-refractivity contribution in [3.05, 3.63) is 81.2 Å². The highest BCUT2D eigenvalue weighted by molar-refractivity contribution is 7.18. The summed E-state index contributed by atoms with van der Waals surface area (Å²) in [7, 11) is 3.26. The zero-order valence-electron chi connectivity index (χ0n) is 20.2. The lowest BCUT2D eigenvalue weighted by Gasteiger charge is -2.12. The van der Waals surface area contributed by atoms with Crippen LogP contribution in [0.4, 0.5) is 5.00 Å². The van der Waals surface area contributed by atoms with Crippen LogP contribution in [0.2, 0.25) is 5.02 Å². The quantitative estimate of drug-likeness (QED) is 0.312. The highest BCUT2D eigenvalue weighted by Crippen LogP contribution is 2.36. The van der Waals surface area contributed by atoms with Crippen LogP contribution >= 0.6 is 22.9 Å². The Morgan fingerprint density at radius 1 is 1.08 bits per heavy atom. The van der Waals surface area contributed by atoms with Crippen LogP contribution in [-0.2, 0) is 4.74 Å². The van der Waals surface area contributed by atoms with E-state index in [9.17, 15) is 14.4 Å². The number of carbonyl (C=O) groups excluding carboxylic acids is 3. The molecule has 1 N–H and O–H groups in total. The first-order valence-corrected chi connectivity index (χ1v) is 12.4. The number of para-hydroxylation sites is 1. The fraction of sp³-hybridized carbons (Fsp3) is 0.185. The Kier molecular flexibility index (Phi) is 7.37. The highest BCUT2D eigenvalue weighted by Gasteiger charge is 2.28. The molecule has 9 heteroatoms. The lowest BCUT2D eigenvalue weighted by atomic mass is 10.0. The Hall–Kier alpha value is -3.75. The van der Waals surface area contributed by atoms with E-state index >= 15 is 0 Å². The average Bonchev–Trinajstić information content (AvgIpc) is 3.18. The summed E-state index contributed by atoms with van der Waals surface area (Å²) in [6.45, 7) is 3.53. The van der Waals surface area contributed by atoms with E-state index < -0.39 is 11.9 Å². The molecule has 2 aromatic heterocycles. The van der Waals surface area contributed by atoms with Crippen molar-refractivity contribution in [2.24, 2.45) is 0 Å². The summed E-state index contributed by atoms with van der Waals surface area (Å²) in [6.07, 6.45) is 0. The smallest absolute Gasteiger partial charge is 0.341 e. The standard InChI is InChI=1S/C27H24ClN3O4S/c1-5-35-27(34)22-15(2)23(26(33)31(3)4)36-25(22)30-24(32)18-14-21(17-11-6-8-12-19(17)28)29-20-13-9-7-10-16(18)20/h6-14H,5H2,1-4H3,(H,30,32). The van der Waals surface area contributed by atoms with Crippen LogP contribution in [0.25, 0.3) is 22.2 Å². The fourth-order valence-electron chi connectivity index (χ4n) is 3.80. The second-order valence-corrected chi connectivity index (χ2v) is 9.61. The molecule has 0 aliphatic heterocycles. The van der Waals surface area contributed by atoms with Gasteiger partial charge >= 0.3 is 5.97 Å². The average molecular weight is 522 g/mol. The first kappa shape index (κ1) is 25.3. The Labute approximate surface area is 217 Å². The minimum Gasteiger partial charge on any atom is -0.462 e. The third-order valence-electron chi connectivity index (χ3n) is 5.56.